The van der Waals surface area contributed by atoms with Crippen molar-refractivity contribution in [1.29, 1.82) is 0 Å². The first-order valence-electron chi connectivity index (χ1n) is 5.59. The van der Waals surface area contributed by atoms with Gasteiger partial charge in [0.05, 0.1) is 6.61 Å². The Hall–Kier alpha value is -1.16. The Morgan fingerprint density at radius 3 is 1.87 bits per heavy atom. The highest BCUT2D eigenvalue weighted by molar-refractivity contribution is 6.30. The van der Waals surface area contributed by atoms with E-state index < -0.39 is 46.7 Å². The zero-order valence-corrected chi connectivity index (χ0v) is 11.8. The van der Waals surface area contributed by atoms with E-state index in [1.165, 1.54) is 0 Å². The van der Waals surface area contributed by atoms with Crippen molar-refractivity contribution in [1.82, 2.24) is 0 Å². The number of benzene rings is 1. The molecule has 0 bridgehead atoms. The molecule has 11 heteroatoms. The molecule has 0 spiro atoms. The number of methoxy groups -OCH3 is 1. The summed E-state index contributed by atoms with van der Waals surface area (Å²) in [6.07, 6.45) is -13.4. The Labute approximate surface area is 129 Å². The summed E-state index contributed by atoms with van der Waals surface area (Å²) in [4.78, 5) is 0. The van der Waals surface area contributed by atoms with Gasteiger partial charge >= 0.3 is 23.9 Å². The van der Waals surface area contributed by atoms with Gasteiger partial charge in [-0.3, -0.25) is 0 Å². The molecule has 131 valence electrons. The van der Waals surface area contributed by atoms with Crippen molar-refractivity contribution in [2.75, 3.05) is 7.11 Å². The maximum absolute atomic E-state index is 14.2. The lowest BCUT2D eigenvalue weighted by Crippen LogP contribution is -2.59. The molecule has 0 aliphatic rings. The molecule has 0 saturated carbocycles. The maximum atomic E-state index is 14.2. The molecule has 1 unspecified atom stereocenters. The summed E-state index contributed by atoms with van der Waals surface area (Å²) in [5, 5.41) is -0.779. The van der Waals surface area contributed by atoms with Gasteiger partial charge in [0.2, 0.25) is 0 Å². The van der Waals surface area contributed by atoms with Crippen molar-refractivity contribution < 1.29 is 44.3 Å². The number of halogens is 10. The van der Waals surface area contributed by atoms with Crippen molar-refractivity contribution in [3.05, 3.63) is 34.3 Å². The van der Waals surface area contributed by atoms with Crippen LogP contribution in [0.4, 0.5) is 39.5 Å². The molecule has 0 aromatic heterocycles. The fourth-order valence-electron chi connectivity index (χ4n) is 1.74. The SMILES string of the molecule is COCc1[c]c(Cl)cc(C(F)(C(F)(F)F)C(F)(F)C(F)(F)F)c1. The summed E-state index contributed by atoms with van der Waals surface area (Å²) in [6, 6.07) is 2.29. The van der Waals surface area contributed by atoms with Gasteiger partial charge < -0.3 is 4.74 Å². The predicted molar refractivity (Wildman–Crippen MR) is 60.8 cm³/mol. The van der Waals surface area contributed by atoms with E-state index in [-0.39, 0.29) is 12.1 Å². The van der Waals surface area contributed by atoms with Crippen LogP contribution in [0.2, 0.25) is 5.02 Å². The van der Waals surface area contributed by atoms with Crippen LogP contribution < -0.4 is 0 Å². The van der Waals surface area contributed by atoms with E-state index in [0.717, 1.165) is 7.11 Å². The first kappa shape index (κ1) is 19.9. The van der Waals surface area contributed by atoms with Gasteiger partial charge in [0.1, 0.15) is 0 Å². The summed E-state index contributed by atoms with van der Waals surface area (Å²) in [5.41, 5.74) is -8.46. The smallest absolute Gasteiger partial charge is 0.380 e. The van der Waals surface area contributed by atoms with Crippen LogP contribution in [0.5, 0.6) is 0 Å². The third-order valence-corrected chi connectivity index (χ3v) is 2.97. The average molecular weight is 374 g/mol. The molecule has 0 saturated heterocycles. The van der Waals surface area contributed by atoms with Crippen LogP contribution in [-0.4, -0.2) is 25.4 Å². The van der Waals surface area contributed by atoms with Crippen LogP contribution >= 0.6 is 11.6 Å². The molecule has 1 nitrogen and oxygen atoms in total. The summed E-state index contributed by atoms with van der Waals surface area (Å²) in [5.74, 6) is -6.74. The summed E-state index contributed by atoms with van der Waals surface area (Å²) in [7, 11) is 1.06. The van der Waals surface area contributed by atoms with Crippen molar-refractivity contribution in [3.8, 4) is 0 Å². The van der Waals surface area contributed by atoms with Gasteiger partial charge in [-0.1, -0.05) is 11.6 Å². The van der Waals surface area contributed by atoms with Crippen molar-refractivity contribution >= 4 is 11.6 Å². The number of alkyl halides is 9. The molecular formula is C12H7ClF9O. The van der Waals surface area contributed by atoms with Crippen LogP contribution in [0, 0.1) is 6.07 Å². The van der Waals surface area contributed by atoms with Crippen LogP contribution in [0.1, 0.15) is 11.1 Å². The second kappa shape index (κ2) is 6.04. The molecule has 23 heavy (non-hydrogen) atoms. The highest BCUT2D eigenvalue weighted by Gasteiger charge is 2.81. The highest BCUT2D eigenvalue weighted by Crippen LogP contribution is 2.58. The standard InChI is InChI=1S/C12H7ClF9O/c1-23-5-6-2-7(4-8(13)3-6)9(14,11(17,18)19)10(15,16)12(20,21)22/h2,4H,5H2,1H3. The lowest BCUT2D eigenvalue weighted by atomic mass is 9.87. The van der Waals surface area contributed by atoms with Gasteiger partial charge in [-0.15, -0.1) is 0 Å². The molecule has 0 aliphatic heterocycles. The Balaban J connectivity index is 3.69. The van der Waals surface area contributed by atoms with Gasteiger partial charge in [-0.2, -0.15) is 35.1 Å². The van der Waals surface area contributed by atoms with E-state index in [1.807, 2.05) is 0 Å². The molecule has 1 atom stereocenters. The maximum Gasteiger partial charge on any atom is 0.457 e. The predicted octanol–water partition coefficient (Wildman–Crippen LogP) is 5.21. The molecule has 1 radical (unpaired) electrons. The van der Waals surface area contributed by atoms with Gasteiger partial charge in [-0.05, 0) is 17.7 Å². The average Bonchev–Trinajstić information content (AvgIpc) is 2.34. The Kier molecular flexibility index (Phi) is 5.23. The molecular weight excluding hydrogens is 367 g/mol. The molecule has 0 heterocycles. The summed E-state index contributed by atoms with van der Waals surface area (Å²) < 4.78 is 121. The zero-order valence-electron chi connectivity index (χ0n) is 11.0. The third kappa shape index (κ3) is 3.37. The molecule has 0 N–H and O–H groups in total. The zero-order chi connectivity index (χ0) is 18.3. The van der Waals surface area contributed by atoms with E-state index in [2.05, 4.69) is 10.8 Å². The van der Waals surface area contributed by atoms with Crippen LogP contribution in [-0.2, 0) is 17.0 Å². The van der Waals surface area contributed by atoms with E-state index in [0.29, 0.717) is 0 Å². The summed E-state index contributed by atoms with van der Waals surface area (Å²) >= 11 is 5.33. The quantitative estimate of drug-likeness (QED) is 0.658. The highest BCUT2D eigenvalue weighted by atomic mass is 35.5. The van der Waals surface area contributed by atoms with Gasteiger partial charge in [-0.25, -0.2) is 4.39 Å². The minimum absolute atomic E-state index is 0.00779. The lowest BCUT2D eigenvalue weighted by Gasteiger charge is -2.36. The molecule has 0 amide bonds. The normalized spacial score (nSPS) is 16.3. The van der Waals surface area contributed by atoms with E-state index in [1.54, 1.807) is 0 Å². The molecule has 1 aromatic carbocycles. The van der Waals surface area contributed by atoms with Gasteiger partial charge in [0, 0.05) is 23.8 Å². The fraction of sp³-hybridized carbons (Fsp3) is 0.500. The van der Waals surface area contributed by atoms with Crippen molar-refractivity contribution in [2.24, 2.45) is 0 Å². The minimum atomic E-state index is -6.79. The molecule has 0 aliphatic carbocycles. The van der Waals surface area contributed by atoms with Crippen LogP contribution in [0.3, 0.4) is 0 Å². The second-order valence-corrected chi connectivity index (χ2v) is 4.81. The van der Waals surface area contributed by atoms with Crippen molar-refractivity contribution in [2.45, 2.75) is 30.6 Å². The third-order valence-electron chi connectivity index (χ3n) is 2.77. The van der Waals surface area contributed by atoms with E-state index in [9.17, 15) is 39.5 Å². The van der Waals surface area contributed by atoms with Crippen LogP contribution in [0.25, 0.3) is 0 Å². The number of rotatable bonds is 4. The number of ether oxygens (including phenoxy) is 1. The largest absolute Gasteiger partial charge is 0.457 e. The topological polar surface area (TPSA) is 9.23 Å². The number of hydrogen-bond donors (Lipinski definition) is 0. The van der Waals surface area contributed by atoms with E-state index >= 15 is 0 Å². The Bertz CT molecular complexity index is 567. The Morgan fingerprint density at radius 1 is 0.957 bits per heavy atom. The Morgan fingerprint density at radius 2 is 1.48 bits per heavy atom. The monoisotopic (exact) mass is 373 g/mol. The van der Waals surface area contributed by atoms with Gasteiger partial charge in [0.15, 0.2) is 0 Å². The minimum Gasteiger partial charge on any atom is -0.380 e. The van der Waals surface area contributed by atoms with Gasteiger partial charge in [0.25, 0.3) is 0 Å². The number of hydrogen-bond acceptors (Lipinski definition) is 1. The first-order chi connectivity index (χ1) is 10.2. The van der Waals surface area contributed by atoms with E-state index in [4.69, 9.17) is 11.6 Å². The summed E-state index contributed by atoms with van der Waals surface area (Å²) in [6.45, 7) is -0.529. The first-order valence-corrected chi connectivity index (χ1v) is 5.97. The fourth-order valence-corrected chi connectivity index (χ4v) is 1.98. The molecule has 1 aromatic rings. The van der Waals surface area contributed by atoms with Crippen LogP contribution in [0.15, 0.2) is 12.1 Å². The van der Waals surface area contributed by atoms with Crippen molar-refractivity contribution in [3.63, 3.8) is 0 Å². The second-order valence-electron chi connectivity index (χ2n) is 4.40. The molecule has 0 fully saturated rings. The molecule has 1 rings (SSSR count). The lowest BCUT2D eigenvalue weighted by molar-refractivity contribution is -0.389.